The molecule has 0 radical (unpaired) electrons. The van der Waals surface area contributed by atoms with Crippen molar-refractivity contribution in [2.24, 2.45) is 0 Å². The second-order valence-electron chi connectivity index (χ2n) is 5.24. The van der Waals surface area contributed by atoms with Crippen LogP contribution in [0.15, 0.2) is 12.3 Å². The molecule has 1 spiro atoms. The largest absolute Gasteiger partial charge is 0.495 e. The molecule has 3 rings (SSSR count). The number of rotatable bonds is 2. The van der Waals surface area contributed by atoms with Crippen LogP contribution in [0, 0.1) is 11.3 Å². The molecular weight excluding hydrogens is 272 g/mol. The van der Waals surface area contributed by atoms with Crippen LogP contribution in [0.25, 0.3) is 0 Å². The van der Waals surface area contributed by atoms with Crippen molar-refractivity contribution in [3.8, 4) is 11.8 Å². The van der Waals surface area contributed by atoms with Gasteiger partial charge in [-0.1, -0.05) is 0 Å². The molecule has 0 aliphatic carbocycles. The number of nitrogens with one attached hydrogen (secondary N) is 1. The third-order valence-electron chi connectivity index (χ3n) is 3.95. The Morgan fingerprint density at radius 3 is 2.95 bits per heavy atom. The molecule has 21 heavy (non-hydrogen) atoms. The highest BCUT2D eigenvalue weighted by Gasteiger charge is 2.46. The number of carbonyl (C=O) groups is 1. The topological polar surface area (TPSA) is 87.5 Å². The Balaban J connectivity index is 1.87. The quantitative estimate of drug-likeness (QED) is 0.875. The second-order valence-corrected chi connectivity index (χ2v) is 5.24. The molecule has 2 aliphatic rings. The molecule has 110 valence electrons. The van der Waals surface area contributed by atoms with Gasteiger partial charge in [-0.2, -0.15) is 5.26 Å². The number of carbonyl (C=O) groups excluding carboxylic acids is 1. The summed E-state index contributed by atoms with van der Waals surface area (Å²) in [6.07, 6.45) is 2.61. The van der Waals surface area contributed by atoms with Gasteiger partial charge in [0.25, 0.3) is 0 Å². The van der Waals surface area contributed by atoms with E-state index in [2.05, 4.69) is 10.3 Å². The van der Waals surface area contributed by atoms with Crippen LogP contribution >= 0.6 is 0 Å². The number of pyridine rings is 1. The van der Waals surface area contributed by atoms with E-state index >= 15 is 0 Å². The molecule has 2 aliphatic heterocycles. The van der Waals surface area contributed by atoms with Crippen LogP contribution in [0.3, 0.4) is 0 Å². The molecule has 0 aromatic carbocycles. The first-order chi connectivity index (χ1) is 10.2. The summed E-state index contributed by atoms with van der Waals surface area (Å²) in [6, 6.07) is 3.60. The molecule has 1 amide bonds. The number of nitriles is 1. The number of aromatic nitrogens is 1. The first-order valence-electron chi connectivity index (χ1n) is 6.83. The van der Waals surface area contributed by atoms with Crippen LogP contribution < -0.4 is 15.0 Å². The van der Waals surface area contributed by atoms with Crippen molar-refractivity contribution in [3.05, 3.63) is 17.8 Å². The maximum atomic E-state index is 12.1. The zero-order valence-electron chi connectivity index (χ0n) is 11.8. The van der Waals surface area contributed by atoms with Crippen molar-refractivity contribution in [2.75, 3.05) is 31.6 Å². The average Bonchev–Trinajstić information content (AvgIpc) is 2.83. The third-order valence-corrected chi connectivity index (χ3v) is 3.95. The molecule has 1 aromatic heterocycles. The van der Waals surface area contributed by atoms with Crippen LogP contribution in [-0.2, 0) is 4.74 Å². The first-order valence-corrected chi connectivity index (χ1v) is 6.83. The van der Waals surface area contributed by atoms with E-state index in [1.165, 1.54) is 18.2 Å². The second kappa shape index (κ2) is 5.22. The Morgan fingerprint density at radius 2 is 2.29 bits per heavy atom. The van der Waals surface area contributed by atoms with E-state index in [4.69, 9.17) is 14.7 Å². The summed E-state index contributed by atoms with van der Waals surface area (Å²) < 4.78 is 10.7. The van der Waals surface area contributed by atoms with Crippen molar-refractivity contribution < 1.29 is 14.3 Å². The maximum absolute atomic E-state index is 12.1. The lowest BCUT2D eigenvalue weighted by atomic mass is 9.92. The van der Waals surface area contributed by atoms with Crippen molar-refractivity contribution in [3.63, 3.8) is 0 Å². The average molecular weight is 288 g/mol. The van der Waals surface area contributed by atoms with Crippen molar-refractivity contribution in [1.29, 1.82) is 5.26 Å². The Morgan fingerprint density at radius 1 is 1.52 bits per heavy atom. The van der Waals surface area contributed by atoms with Gasteiger partial charge in [-0.25, -0.2) is 9.78 Å². The van der Waals surface area contributed by atoms with Crippen LogP contribution in [0.5, 0.6) is 5.75 Å². The smallest absolute Gasteiger partial charge is 0.416 e. The van der Waals surface area contributed by atoms with E-state index < -0.39 is 11.7 Å². The number of ether oxygens (including phenoxy) is 2. The molecule has 0 bridgehead atoms. The summed E-state index contributed by atoms with van der Waals surface area (Å²) >= 11 is 0. The van der Waals surface area contributed by atoms with Gasteiger partial charge >= 0.3 is 6.09 Å². The van der Waals surface area contributed by atoms with Crippen LogP contribution in [0.1, 0.15) is 18.4 Å². The molecule has 1 aromatic rings. The fraction of sp³-hybridized carbons (Fsp3) is 0.500. The SMILES string of the molecule is COc1cc(N2CC3(CCNCC3)OC2=O)ncc1C#N. The van der Waals surface area contributed by atoms with E-state index in [1.807, 2.05) is 6.07 Å². The van der Waals surface area contributed by atoms with E-state index in [0.29, 0.717) is 23.7 Å². The standard InChI is InChI=1S/C14H16N4O3/c1-20-11-6-12(17-8-10(11)7-15)18-9-14(21-13(18)19)2-4-16-5-3-14/h6,8,16H,2-5,9H2,1H3. The minimum Gasteiger partial charge on any atom is -0.495 e. The summed E-state index contributed by atoms with van der Waals surface area (Å²) in [4.78, 5) is 17.8. The highest BCUT2D eigenvalue weighted by molar-refractivity contribution is 5.89. The molecule has 3 heterocycles. The van der Waals surface area contributed by atoms with Gasteiger partial charge in [0.05, 0.1) is 19.9 Å². The molecule has 7 heteroatoms. The normalized spacial score (nSPS) is 20.2. The number of methoxy groups -OCH3 is 1. The number of piperidine rings is 1. The predicted molar refractivity (Wildman–Crippen MR) is 74.2 cm³/mol. The molecule has 0 unspecified atom stereocenters. The Labute approximate surface area is 122 Å². The van der Waals surface area contributed by atoms with Gasteiger partial charge in [-0.15, -0.1) is 0 Å². The van der Waals surface area contributed by atoms with Crippen molar-refractivity contribution in [2.45, 2.75) is 18.4 Å². The van der Waals surface area contributed by atoms with Gasteiger partial charge in [0.1, 0.15) is 28.8 Å². The summed E-state index contributed by atoms with van der Waals surface area (Å²) in [5.41, 5.74) is -0.0871. The highest BCUT2D eigenvalue weighted by atomic mass is 16.6. The van der Waals surface area contributed by atoms with Crippen molar-refractivity contribution >= 4 is 11.9 Å². The van der Waals surface area contributed by atoms with Gasteiger partial charge in [0.2, 0.25) is 0 Å². The number of hydrogen-bond donors (Lipinski definition) is 1. The lowest BCUT2D eigenvalue weighted by molar-refractivity contribution is 0.0316. The molecule has 0 atom stereocenters. The van der Waals surface area contributed by atoms with Gasteiger partial charge in [0.15, 0.2) is 0 Å². The minimum atomic E-state index is -0.425. The predicted octanol–water partition coefficient (Wildman–Crippen LogP) is 1.04. The first kappa shape index (κ1) is 13.6. The van der Waals surface area contributed by atoms with Crippen LogP contribution in [0.2, 0.25) is 0 Å². The maximum Gasteiger partial charge on any atom is 0.416 e. The van der Waals surface area contributed by atoms with E-state index in [9.17, 15) is 4.79 Å². The van der Waals surface area contributed by atoms with Gasteiger partial charge in [0, 0.05) is 18.9 Å². The fourth-order valence-electron chi connectivity index (χ4n) is 2.77. The lowest BCUT2D eigenvalue weighted by Crippen LogP contribution is -2.44. The fourth-order valence-corrected chi connectivity index (χ4v) is 2.77. The molecule has 7 nitrogen and oxygen atoms in total. The monoisotopic (exact) mass is 288 g/mol. The Kier molecular flexibility index (Phi) is 3.39. The van der Waals surface area contributed by atoms with Crippen LogP contribution in [-0.4, -0.2) is 43.4 Å². The minimum absolute atomic E-state index is 0.338. The molecule has 0 saturated carbocycles. The highest BCUT2D eigenvalue weighted by Crippen LogP contribution is 2.34. The zero-order valence-corrected chi connectivity index (χ0v) is 11.8. The summed E-state index contributed by atoms with van der Waals surface area (Å²) in [5.74, 6) is 0.854. The third kappa shape index (κ3) is 2.38. The number of anilines is 1. The van der Waals surface area contributed by atoms with E-state index in [-0.39, 0.29) is 0 Å². The van der Waals surface area contributed by atoms with Gasteiger partial charge < -0.3 is 14.8 Å². The Bertz CT molecular complexity index is 605. The summed E-state index contributed by atoms with van der Waals surface area (Å²) in [6.45, 7) is 2.16. The lowest BCUT2D eigenvalue weighted by Gasteiger charge is -2.31. The Hall–Kier alpha value is -2.33. The molecule has 2 fully saturated rings. The van der Waals surface area contributed by atoms with Crippen molar-refractivity contribution in [1.82, 2.24) is 10.3 Å². The molecular formula is C14H16N4O3. The number of hydrogen-bond acceptors (Lipinski definition) is 6. The summed E-state index contributed by atoms with van der Waals surface area (Å²) in [7, 11) is 1.48. The van der Waals surface area contributed by atoms with Crippen LogP contribution in [0.4, 0.5) is 10.6 Å². The molecule has 2 saturated heterocycles. The number of amides is 1. The van der Waals surface area contributed by atoms with E-state index in [0.717, 1.165) is 25.9 Å². The number of nitrogens with zero attached hydrogens (tertiary/aromatic N) is 3. The zero-order chi connectivity index (χ0) is 14.9. The summed E-state index contributed by atoms with van der Waals surface area (Å²) in [5, 5.41) is 12.2. The van der Waals surface area contributed by atoms with Gasteiger partial charge in [-0.3, -0.25) is 4.90 Å². The van der Waals surface area contributed by atoms with Gasteiger partial charge in [-0.05, 0) is 13.1 Å². The van der Waals surface area contributed by atoms with E-state index in [1.54, 1.807) is 6.07 Å². The molecule has 1 N–H and O–H groups in total.